The van der Waals surface area contributed by atoms with Crippen molar-refractivity contribution in [2.75, 3.05) is 33.4 Å². The summed E-state index contributed by atoms with van der Waals surface area (Å²) in [5.41, 5.74) is 3.21. The van der Waals surface area contributed by atoms with Gasteiger partial charge in [0.1, 0.15) is 0 Å². The molecular formula is C22H27Cl2N3O2. The van der Waals surface area contributed by atoms with E-state index in [2.05, 4.69) is 22.3 Å². The normalized spacial score (nSPS) is 15.7. The first-order chi connectivity index (χ1) is 14.0. The van der Waals surface area contributed by atoms with Crippen LogP contribution in [0.3, 0.4) is 0 Å². The van der Waals surface area contributed by atoms with Crippen molar-refractivity contribution in [3.63, 3.8) is 0 Å². The summed E-state index contributed by atoms with van der Waals surface area (Å²) in [7, 11) is 1.77. The van der Waals surface area contributed by atoms with Crippen LogP contribution in [0.15, 0.2) is 42.5 Å². The molecule has 1 saturated heterocycles. The Morgan fingerprint density at radius 3 is 2.55 bits per heavy atom. The molecule has 0 saturated carbocycles. The molecule has 7 heteroatoms. The lowest BCUT2D eigenvalue weighted by Crippen LogP contribution is -2.39. The molecule has 0 aliphatic carbocycles. The average molecular weight is 436 g/mol. The zero-order valence-corrected chi connectivity index (χ0v) is 18.3. The van der Waals surface area contributed by atoms with Crippen molar-refractivity contribution >= 4 is 29.2 Å². The van der Waals surface area contributed by atoms with Gasteiger partial charge in [-0.2, -0.15) is 0 Å². The predicted octanol–water partition coefficient (Wildman–Crippen LogP) is 4.73. The molecule has 0 aromatic heterocycles. The van der Waals surface area contributed by atoms with Gasteiger partial charge < -0.3 is 15.0 Å². The third-order valence-electron chi connectivity index (χ3n) is 5.36. The quantitative estimate of drug-likeness (QED) is 0.712. The molecule has 1 N–H and O–H groups in total. The summed E-state index contributed by atoms with van der Waals surface area (Å²) in [5.74, 6) is 0. The van der Waals surface area contributed by atoms with E-state index in [1.807, 2.05) is 25.1 Å². The zero-order chi connectivity index (χ0) is 20.8. The lowest BCUT2D eigenvalue weighted by molar-refractivity contribution is 0.0341. The molecule has 2 aromatic rings. The molecule has 1 heterocycles. The van der Waals surface area contributed by atoms with E-state index < -0.39 is 0 Å². The van der Waals surface area contributed by atoms with Crippen LogP contribution in [0.4, 0.5) is 4.79 Å². The van der Waals surface area contributed by atoms with Gasteiger partial charge in [-0.05, 0) is 35.7 Å². The number of amides is 2. The minimum atomic E-state index is -0.177. The maximum atomic E-state index is 12.7. The Kier molecular flexibility index (Phi) is 7.78. The van der Waals surface area contributed by atoms with Crippen LogP contribution in [0.5, 0.6) is 0 Å². The number of urea groups is 1. The van der Waals surface area contributed by atoms with Gasteiger partial charge in [-0.25, -0.2) is 4.79 Å². The van der Waals surface area contributed by atoms with Gasteiger partial charge in [-0.15, -0.1) is 0 Å². The molecule has 2 aromatic carbocycles. The molecular weight excluding hydrogens is 409 g/mol. The number of rotatable bonds is 6. The number of hydrogen-bond donors (Lipinski definition) is 1. The van der Waals surface area contributed by atoms with Crippen LogP contribution in [-0.4, -0.2) is 49.2 Å². The molecule has 3 rings (SSSR count). The SMILES string of the molecule is CC(c1ccc(Cl)cc1Cl)N(C)C(=O)NCc1ccccc1CN1CCOCC1. The zero-order valence-electron chi connectivity index (χ0n) is 16.8. The first-order valence-electron chi connectivity index (χ1n) is 9.78. The van der Waals surface area contributed by atoms with Crippen LogP contribution >= 0.6 is 23.2 Å². The smallest absolute Gasteiger partial charge is 0.317 e. The topological polar surface area (TPSA) is 44.8 Å². The molecule has 1 unspecified atom stereocenters. The summed E-state index contributed by atoms with van der Waals surface area (Å²) in [6.07, 6.45) is 0. The van der Waals surface area contributed by atoms with Gasteiger partial charge in [0.15, 0.2) is 0 Å². The summed E-state index contributed by atoms with van der Waals surface area (Å²) < 4.78 is 5.43. The molecule has 156 valence electrons. The number of ether oxygens (including phenoxy) is 1. The number of nitrogens with zero attached hydrogens (tertiary/aromatic N) is 2. The largest absolute Gasteiger partial charge is 0.379 e. The summed E-state index contributed by atoms with van der Waals surface area (Å²) in [4.78, 5) is 16.8. The summed E-state index contributed by atoms with van der Waals surface area (Å²) in [6, 6.07) is 13.2. The van der Waals surface area contributed by atoms with E-state index in [4.69, 9.17) is 27.9 Å². The maximum absolute atomic E-state index is 12.7. The maximum Gasteiger partial charge on any atom is 0.317 e. The number of nitrogens with one attached hydrogen (secondary N) is 1. The first kappa shape index (κ1) is 21.9. The van der Waals surface area contributed by atoms with Gasteiger partial charge in [0.2, 0.25) is 0 Å². The standard InChI is InChI=1S/C22H27Cl2N3O2/c1-16(20-8-7-19(23)13-21(20)24)26(2)22(28)25-14-17-5-3-4-6-18(17)15-27-9-11-29-12-10-27/h3-8,13,16H,9-12,14-15H2,1-2H3,(H,25,28). The molecule has 0 bridgehead atoms. The fourth-order valence-corrected chi connectivity index (χ4v) is 3.97. The Bertz CT molecular complexity index is 841. The van der Waals surface area contributed by atoms with Crippen LogP contribution < -0.4 is 5.32 Å². The molecule has 5 nitrogen and oxygen atoms in total. The van der Waals surface area contributed by atoms with E-state index in [0.717, 1.165) is 44.0 Å². The van der Waals surface area contributed by atoms with Crippen molar-refractivity contribution < 1.29 is 9.53 Å². The molecule has 0 radical (unpaired) electrons. The molecule has 1 atom stereocenters. The van der Waals surface area contributed by atoms with Crippen LogP contribution in [0, 0.1) is 0 Å². The third kappa shape index (κ3) is 5.86. The highest BCUT2D eigenvalue weighted by atomic mass is 35.5. The summed E-state index contributed by atoms with van der Waals surface area (Å²) in [6.45, 7) is 6.70. The van der Waals surface area contributed by atoms with Crippen molar-refractivity contribution in [1.82, 2.24) is 15.1 Å². The van der Waals surface area contributed by atoms with Crippen molar-refractivity contribution in [2.45, 2.75) is 26.1 Å². The molecule has 1 fully saturated rings. The molecule has 29 heavy (non-hydrogen) atoms. The summed E-state index contributed by atoms with van der Waals surface area (Å²) >= 11 is 12.3. The van der Waals surface area contributed by atoms with Crippen molar-refractivity contribution in [2.24, 2.45) is 0 Å². The minimum absolute atomic E-state index is 0.148. The van der Waals surface area contributed by atoms with Gasteiger partial charge in [-0.1, -0.05) is 53.5 Å². The van der Waals surface area contributed by atoms with E-state index >= 15 is 0 Å². The lowest BCUT2D eigenvalue weighted by Gasteiger charge is -2.28. The number of hydrogen-bond acceptors (Lipinski definition) is 3. The van der Waals surface area contributed by atoms with Crippen molar-refractivity contribution in [3.8, 4) is 0 Å². The average Bonchev–Trinajstić information content (AvgIpc) is 2.72. The molecule has 2 amide bonds. The van der Waals surface area contributed by atoms with E-state index in [9.17, 15) is 4.79 Å². The van der Waals surface area contributed by atoms with Gasteiger partial charge in [-0.3, -0.25) is 4.90 Å². The van der Waals surface area contributed by atoms with Gasteiger partial charge >= 0.3 is 6.03 Å². The fraction of sp³-hybridized carbons (Fsp3) is 0.409. The second-order valence-corrected chi connectivity index (χ2v) is 8.11. The Labute approximate surface area is 182 Å². The minimum Gasteiger partial charge on any atom is -0.379 e. The van der Waals surface area contributed by atoms with E-state index in [1.165, 1.54) is 5.56 Å². The molecule has 1 aliphatic heterocycles. The Balaban J connectivity index is 1.61. The van der Waals surface area contributed by atoms with Crippen molar-refractivity contribution in [1.29, 1.82) is 0 Å². The highest BCUT2D eigenvalue weighted by Gasteiger charge is 2.20. The number of morpholine rings is 1. The van der Waals surface area contributed by atoms with Crippen LogP contribution in [0.25, 0.3) is 0 Å². The van der Waals surface area contributed by atoms with Crippen LogP contribution in [-0.2, 0) is 17.8 Å². The third-order valence-corrected chi connectivity index (χ3v) is 5.92. The summed E-state index contributed by atoms with van der Waals surface area (Å²) in [5, 5.41) is 4.17. The molecule has 0 spiro atoms. The second-order valence-electron chi connectivity index (χ2n) is 7.27. The second kappa shape index (κ2) is 10.3. The predicted molar refractivity (Wildman–Crippen MR) is 117 cm³/mol. The lowest BCUT2D eigenvalue weighted by atomic mass is 10.1. The number of benzene rings is 2. The van der Waals surface area contributed by atoms with Crippen LogP contribution in [0.2, 0.25) is 10.0 Å². The van der Waals surface area contributed by atoms with Crippen LogP contribution in [0.1, 0.15) is 29.7 Å². The Morgan fingerprint density at radius 1 is 1.17 bits per heavy atom. The number of carbonyl (C=O) groups is 1. The number of carbonyl (C=O) groups excluding carboxylic acids is 1. The number of halogens is 2. The Hall–Kier alpha value is -1.79. The van der Waals surface area contributed by atoms with E-state index in [-0.39, 0.29) is 12.1 Å². The van der Waals surface area contributed by atoms with Gasteiger partial charge in [0.05, 0.1) is 19.3 Å². The first-order valence-corrected chi connectivity index (χ1v) is 10.5. The van der Waals surface area contributed by atoms with E-state index in [1.54, 1.807) is 24.1 Å². The Morgan fingerprint density at radius 2 is 1.86 bits per heavy atom. The fourth-order valence-electron chi connectivity index (χ4n) is 3.40. The van der Waals surface area contributed by atoms with Crippen molar-refractivity contribution in [3.05, 3.63) is 69.2 Å². The highest BCUT2D eigenvalue weighted by Crippen LogP contribution is 2.29. The molecule has 1 aliphatic rings. The van der Waals surface area contributed by atoms with E-state index in [0.29, 0.717) is 16.6 Å². The van der Waals surface area contributed by atoms with Gasteiger partial charge in [0, 0.05) is 43.3 Å². The highest BCUT2D eigenvalue weighted by molar-refractivity contribution is 6.35. The monoisotopic (exact) mass is 435 g/mol. The van der Waals surface area contributed by atoms with Gasteiger partial charge in [0.25, 0.3) is 0 Å².